The van der Waals surface area contributed by atoms with Crippen LogP contribution in [0, 0.1) is 0 Å². The van der Waals surface area contributed by atoms with Gasteiger partial charge in [-0.05, 0) is 0 Å². The van der Waals surface area contributed by atoms with E-state index in [1.54, 1.807) is 6.08 Å². The summed E-state index contributed by atoms with van der Waals surface area (Å²) in [7, 11) is 0. The maximum atomic E-state index is 4.94. The van der Waals surface area contributed by atoms with Crippen LogP contribution in [0.3, 0.4) is 0 Å². The average Bonchev–Trinajstić information content (AvgIpc) is 1.35. The molecular formula is C3H9N3. The number of hydrogen-bond donors (Lipinski definition) is 2. The van der Waals surface area contributed by atoms with Crippen LogP contribution >= 0.6 is 0 Å². The lowest BCUT2D eigenvalue weighted by atomic mass is 10.6. The molecule has 0 spiro atoms. The normalized spacial score (nSPS) is 9.17. The SMILES string of the molecule is C=CCN(N)N. The number of hydrogen-bond acceptors (Lipinski definition) is 3. The summed E-state index contributed by atoms with van der Waals surface area (Å²) >= 11 is 0. The van der Waals surface area contributed by atoms with E-state index in [9.17, 15) is 0 Å². The van der Waals surface area contributed by atoms with E-state index in [1.165, 1.54) is 0 Å². The van der Waals surface area contributed by atoms with E-state index in [4.69, 9.17) is 11.7 Å². The van der Waals surface area contributed by atoms with Gasteiger partial charge in [-0.1, -0.05) is 6.08 Å². The molecule has 4 N–H and O–H groups in total. The monoisotopic (exact) mass is 87.1 g/mol. The highest BCUT2D eigenvalue weighted by Crippen LogP contribution is 1.59. The quantitative estimate of drug-likeness (QED) is 0.264. The Kier molecular flexibility index (Phi) is 2.66. The summed E-state index contributed by atoms with van der Waals surface area (Å²) in [5.41, 5.74) is 0. The predicted molar refractivity (Wildman–Crippen MR) is 25.3 cm³/mol. The lowest BCUT2D eigenvalue weighted by molar-refractivity contribution is 0.329. The molecule has 0 fully saturated rings. The molecule has 0 unspecified atom stereocenters. The number of nitrogens with zero attached hydrogens (tertiary/aromatic N) is 1. The second-order valence-corrected chi connectivity index (χ2v) is 0.985. The Morgan fingerprint density at radius 2 is 2.17 bits per heavy atom. The van der Waals surface area contributed by atoms with Crippen LogP contribution in [0.2, 0.25) is 0 Å². The number of rotatable bonds is 2. The summed E-state index contributed by atoms with van der Waals surface area (Å²) < 4.78 is 0. The highest BCUT2D eigenvalue weighted by Gasteiger charge is 1.76. The van der Waals surface area contributed by atoms with E-state index >= 15 is 0 Å². The second kappa shape index (κ2) is 2.84. The van der Waals surface area contributed by atoms with Crippen LogP contribution in [0.15, 0.2) is 12.7 Å². The van der Waals surface area contributed by atoms with Crippen LogP contribution in [0.1, 0.15) is 0 Å². The van der Waals surface area contributed by atoms with Gasteiger partial charge in [-0.3, -0.25) is 11.7 Å². The fourth-order valence-electron chi connectivity index (χ4n) is 0.149. The van der Waals surface area contributed by atoms with Gasteiger partial charge in [0, 0.05) is 6.54 Å². The number of hydrazine groups is 2. The van der Waals surface area contributed by atoms with Gasteiger partial charge in [-0.2, -0.15) is 5.12 Å². The van der Waals surface area contributed by atoms with E-state index in [2.05, 4.69) is 6.58 Å². The molecule has 0 heterocycles. The molecule has 0 rings (SSSR count). The van der Waals surface area contributed by atoms with Crippen LogP contribution in [-0.2, 0) is 0 Å². The molecule has 6 heavy (non-hydrogen) atoms. The highest BCUT2D eigenvalue weighted by molar-refractivity contribution is 4.66. The van der Waals surface area contributed by atoms with Gasteiger partial charge >= 0.3 is 0 Å². The van der Waals surface area contributed by atoms with Crippen LogP contribution in [0.5, 0.6) is 0 Å². The Morgan fingerprint density at radius 3 is 2.17 bits per heavy atom. The smallest absolute Gasteiger partial charge is 0.0461 e. The van der Waals surface area contributed by atoms with Crippen molar-refractivity contribution >= 4 is 0 Å². The summed E-state index contributed by atoms with van der Waals surface area (Å²) in [6.07, 6.45) is 1.62. The van der Waals surface area contributed by atoms with E-state index in [1.807, 2.05) is 0 Å². The van der Waals surface area contributed by atoms with Crippen LogP contribution in [0.4, 0.5) is 0 Å². The van der Waals surface area contributed by atoms with Crippen LogP contribution in [0.25, 0.3) is 0 Å². The molecule has 0 bridgehead atoms. The first-order valence-electron chi connectivity index (χ1n) is 1.65. The lowest BCUT2D eigenvalue weighted by Gasteiger charge is -2.01. The van der Waals surface area contributed by atoms with Gasteiger partial charge in [0.1, 0.15) is 0 Å². The Labute approximate surface area is 37.2 Å². The molecule has 0 saturated heterocycles. The number of nitrogens with two attached hydrogens (primary N) is 2. The van der Waals surface area contributed by atoms with E-state index in [0.29, 0.717) is 6.54 Å². The zero-order valence-corrected chi connectivity index (χ0v) is 3.59. The van der Waals surface area contributed by atoms with Gasteiger partial charge < -0.3 is 0 Å². The van der Waals surface area contributed by atoms with Crippen LogP contribution < -0.4 is 11.7 Å². The van der Waals surface area contributed by atoms with Crippen molar-refractivity contribution in [3.8, 4) is 0 Å². The maximum absolute atomic E-state index is 4.94. The summed E-state index contributed by atoms with van der Waals surface area (Å²) in [6.45, 7) is 3.93. The van der Waals surface area contributed by atoms with Gasteiger partial charge in [-0.15, -0.1) is 6.58 Å². The standard InChI is InChI=1S/C3H9N3/c1-2-3-6(4)5/h2H,1,3-5H2. The minimum atomic E-state index is 0.528. The van der Waals surface area contributed by atoms with Crippen molar-refractivity contribution < 1.29 is 0 Å². The van der Waals surface area contributed by atoms with E-state index in [0.717, 1.165) is 5.12 Å². The molecule has 0 aromatic rings. The molecule has 0 aliphatic rings. The molecule has 36 valence electrons. The van der Waals surface area contributed by atoms with E-state index < -0.39 is 0 Å². The molecular weight excluding hydrogens is 78.1 g/mol. The molecule has 0 aromatic carbocycles. The van der Waals surface area contributed by atoms with Crippen molar-refractivity contribution in [1.82, 2.24) is 5.12 Å². The zero-order chi connectivity index (χ0) is 4.99. The third-order valence-corrected chi connectivity index (χ3v) is 0.340. The summed E-state index contributed by atoms with van der Waals surface area (Å²) in [4.78, 5) is 0. The fourth-order valence-corrected chi connectivity index (χ4v) is 0.149. The van der Waals surface area contributed by atoms with Crippen molar-refractivity contribution in [3.63, 3.8) is 0 Å². The Hall–Kier alpha value is -0.380. The van der Waals surface area contributed by atoms with Gasteiger partial charge in [0.15, 0.2) is 0 Å². The minimum Gasteiger partial charge on any atom is -0.255 e. The topological polar surface area (TPSA) is 55.3 Å². The van der Waals surface area contributed by atoms with Crippen molar-refractivity contribution in [2.45, 2.75) is 0 Å². The Bertz CT molecular complexity index is 41.3. The molecule has 0 radical (unpaired) electrons. The molecule has 3 heteroatoms. The average molecular weight is 87.1 g/mol. The molecule has 0 saturated carbocycles. The predicted octanol–water partition coefficient (Wildman–Crippen LogP) is -0.778. The van der Waals surface area contributed by atoms with Crippen molar-refractivity contribution in [2.24, 2.45) is 11.7 Å². The lowest BCUT2D eigenvalue weighted by Crippen LogP contribution is -2.37. The molecule has 3 nitrogen and oxygen atoms in total. The van der Waals surface area contributed by atoms with Gasteiger partial charge in [-0.25, -0.2) is 0 Å². The first-order chi connectivity index (χ1) is 2.77. The molecule has 0 aliphatic carbocycles. The fraction of sp³-hybridized carbons (Fsp3) is 0.333. The summed E-state index contributed by atoms with van der Waals surface area (Å²) in [6, 6.07) is 0. The summed E-state index contributed by atoms with van der Waals surface area (Å²) in [5, 5.41) is 1.06. The highest BCUT2D eigenvalue weighted by atomic mass is 15.6. The third-order valence-electron chi connectivity index (χ3n) is 0.340. The molecule has 0 aromatic heterocycles. The first kappa shape index (κ1) is 5.62. The van der Waals surface area contributed by atoms with Crippen molar-refractivity contribution in [2.75, 3.05) is 6.54 Å². The van der Waals surface area contributed by atoms with Gasteiger partial charge in [0.2, 0.25) is 0 Å². The largest absolute Gasteiger partial charge is 0.255 e. The maximum Gasteiger partial charge on any atom is 0.0461 e. The first-order valence-corrected chi connectivity index (χ1v) is 1.65. The summed E-state index contributed by atoms with van der Waals surface area (Å²) in [5.74, 6) is 9.89. The molecule has 0 atom stereocenters. The zero-order valence-electron chi connectivity index (χ0n) is 3.59. The molecule has 0 amide bonds. The van der Waals surface area contributed by atoms with Gasteiger partial charge in [0.05, 0.1) is 0 Å². The van der Waals surface area contributed by atoms with Crippen molar-refractivity contribution in [3.05, 3.63) is 12.7 Å². The Morgan fingerprint density at radius 1 is 1.67 bits per heavy atom. The van der Waals surface area contributed by atoms with Crippen LogP contribution in [-0.4, -0.2) is 11.7 Å². The minimum absolute atomic E-state index is 0.528. The van der Waals surface area contributed by atoms with Crippen molar-refractivity contribution in [1.29, 1.82) is 0 Å². The Balaban J connectivity index is 2.81. The second-order valence-electron chi connectivity index (χ2n) is 0.985. The molecule has 0 aliphatic heterocycles. The van der Waals surface area contributed by atoms with Gasteiger partial charge in [0.25, 0.3) is 0 Å². The third kappa shape index (κ3) is 3.62. The van der Waals surface area contributed by atoms with E-state index in [-0.39, 0.29) is 0 Å².